The molecule has 0 saturated carbocycles. The van der Waals surface area contributed by atoms with Gasteiger partial charge in [-0.2, -0.15) is 0 Å². The Morgan fingerprint density at radius 2 is 1.36 bits per heavy atom. The lowest BCUT2D eigenvalue weighted by Gasteiger charge is -2.08. The highest BCUT2D eigenvalue weighted by atomic mass is 19.1. The van der Waals surface area contributed by atoms with Crippen LogP contribution >= 0.6 is 0 Å². The van der Waals surface area contributed by atoms with Crippen LogP contribution in [0.4, 0.5) is 4.39 Å². The molecule has 0 saturated heterocycles. The molecule has 0 spiro atoms. The number of unbranched alkanes of at least 4 members (excludes halogenated alkanes) is 8. The summed E-state index contributed by atoms with van der Waals surface area (Å²) in [6, 6.07) is 16.1. The van der Waals surface area contributed by atoms with Crippen molar-refractivity contribution in [2.75, 3.05) is 0 Å². The highest BCUT2D eigenvalue weighted by Gasteiger charge is 2.15. The van der Waals surface area contributed by atoms with Gasteiger partial charge in [0.25, 0.3) is 0 Å². The molecule has 0 unspecified atom stereocenters. The van der Waals surface area contributed by atoms with Gasteiger partial charge in [-0.3, -0.25) is 4.98 Å². The highest BCUT2D eigenvalue weighted by Crippen LogP contribution is 2.23. The maximum atomic E-state index is 14.5. The van der Waals surface area contributed by atoms with Crippen LogP contribution in [0, 0.1) is 5.82 Å². The zero-order chi connectivity index (χ0) is 25.6. The second-order valence-electron chi connectivity index (χ2n) is 9.61. The molecule has 0 aliphatic rings. The quantitative estimate of drug-likeness (QED) is 0.121. The Kier molecular flexibility index (Phi) is 11.6. The van der Waals surface area contributed by atoms with Gasteiger partial charge in [-0.25, -0.2) is 9.18 Å². The number of carbonyl (C=O) groups excluding carboxylic acids is 1. The minimum Gasteiger partial charge on any atom is -0.423 e. The lowest BCUT2D eigenvalue weighted by atomic mass is 10.0. The first-order valence-corrected chi connectivity index (χ1v) is 13.7. The van der Waals surface area contributed by atoms with E-state index in [1.807, 2.05) is 24.4 Å². The summed E-state index contributed by atoms with van der Waals surface area (Å²) in [6.07, 6.45) is 16.2. The number of carbonyl (C=O) groups is 1. The number of aromatic nitrogens is 1. The first kappa shape index (κ1) is 27.6. The van der Waals surface area contributed by atoms with Crippen LogP contribution in [0.25, 0.3) is 11.3 Å². The van der Waals surface area contributed by atoms with E-state index in [-0.39, 0.29) is 5.56 Å². The smallest absolute Gasteiger partial charge is 0.346 e. The molecule has 0 bridgehead atoms. The van der Waals surface area contributed by atoms with E-state index in [1.165, 1.54) is 62.6 Å². The van der Waals surface area contributed by atoms with Crippen molar-refractivity contribution in [3.05, 3.63) is 83.3 Å². The van der Waals surface area contributed by atoms with Crippen LogP contribution in [-0.4, -0.2) is 11.0 Å². The molecule has 0 aliphatic carbocycles. The van der Waals surface area contributed by atoms with Crippen LogP contribution in [0.15, 0.2) is 60.8 Å². The van der Waals surface area contributed by atoms with Gasteiger partial charge in [0.15, 0.2) is 0 Å². The minimum atomic E-state index is -0.687. The van der Waals surface area contributed by atoms with Crippen molar-refractivity contribution in [3.8, 4) is 17.0 Å². The molecule has 0 radical (unpaired) electrons. The van der Waals surface area contributed by atoms with Gasteiger partial charge in [-0.1, -0.05) is 77.3 Å². The number of esters is 1. The maximum absolute atomic E-state index is 14.5. The molecule has 0 aliphatic heterocycles. The number of halogens is 1. The Morgan fingerprint density at radius 1 is 0.750 bits per heavy atom. The van der Waals surface area contributed by atoms with Crippen LogP contribution in [0.3, 0.4) is 0 Å². The van der Waals surface area contributed by atoms with Crippen molar-refractivity contribution >= 4 is 5.97 Å². The number of nitrogens with zero attached hydrogens (tertiary/aromatic N) is 1. The number of aryl methyl sites for hydroxylation is 2. The highest BCUT2D eigenvalue weighted by molar-refractivity contribution is 5.91. The molecule has 3 aromatic rings. The normalized spacial score (nSPS) is 11.0. The van der Waals surface area contributed by atoms with Gasteiger partial charge in [0.1, 0.15) is 11.6 Å². The van der Waals surface area contributed by atoms with Crippen LogP contribution in [-0.2, 0) is 12.8 Å². The van der Waals surface area contributed by atoms with Crippen LogP contribution in [0.1, 0.15) is 99.5 Å². The van der Waals surface area contributed by atoms with Gasteiger partial charge in [-0.05, 0) is 79.3 Å². The molecule has 0 fully saturated rings. The Balaban J connectivity index is 1.49. The van der Waals surface area contributed by atoms with Crippen LogP contribution in [0.5, 0.6) is 5.75 Å². The van der Waals surface area contributed by atoms with Crippen LogP contribution in [0.2, 0.25) is 0 Å². The van der Waals surface area contributed by atoms with E-state index in [2.05, 4.69) is 24.9 Å². The molecule has 1 aromatic heterocycles. The van der Waals surface area contributed by atoms with Gasteiger partial charge >= 0.3 is 5.97 Å². The third-order valence-electron chi connectivity index (χ3n) is 6.58. The molecule has 3 nitrogen and oxygen atoms in total. The summed E-state index contributed by atoms with van der Waals surface area (Å²) in [6.45, 7) is 4.38. The topological polar surface area (TPSA) is 39.2 Å². The van der Waals surface area contributed by atoms with Gasteiger partial charge in [0.05, 0.1) is 11.3 Å². The predicted octanol–water partition coefficient (Wildman–Crippen LogP) is 9.13. The number of benzene rings is 2. The summed E-state index contributed by atoms with van der Waals surface area (Å²) in [5.41, 5.74) is 3.94. The number of hydrogen-bond acceptors (Lipinski definition) is 3. The van der Waals surface area contributed by atoms with E-state index < -0.39 is 11.8 Å². The Hall–Kier alpha value is -3.01. The SMILES string of the molecule is CCCCCCCCCc1ccc(-c2ccc(OC(=O)c3ccc(CCCCC)cc3F)cc2)nc1. The average Bonchev–Trinajstić information content (AvgIpc) is 2.89. The van der Waals surface area contributed by atoms with Crippen molar-refractivity contribution in [1.82, 2.24) is 4.98 Å². The maximum Gasteiger partial charge on any atom is 0.346 e. The number of rotatable bonds is 15. The Morgan fingerprint density at radius 3 is 2.03 bits per heavy atom. The van der Waals surface area contributed by atoms with E-state index in [0.29, 0.717) is 5.75 Å². The standard InChI is InChI=1S/C32H40FNO2/c1-3-5-7-8-9-10-12-14-26-16-22-31(34-24-26)27-17-19-28(20-18-27)36-32(35)29-21-15-25(23-30(29)33)13-11-6-4-2/h15-24H,3-14H2,1-2H3. The monoisotopic (exact) mass is 489 g/mol. The first-order valence-electron chi connectivity index (χ1n) is 13.7. The number of pyridine rings is 1. The van der Waals surface area contributed by atoms with Gasteiger partial charge in [0.2, 0.25) is 0 Å². The van der Waals surface area contributed by atoms with E-state index in [9.17, 15) is 9.18 Å². The second kappa shape index (κ2) is 15.2. The van der Waals surface area contributed by atoms with Crippen LogP contribution < -0.4 is 4.74 Å². The molecule has 3 rings (SSSR count). The van der Waals surface area contributed by atoms with Crippen molar-refractivity contribution in [3.63, 3.8) is 0 Å². The fraction of sp³-hybridized carbons (Fsp3) is 0.438. The fourth-order valence-electron chi connectivity index (χ4n) is 4.34. The summed E-state index contributed by atoms with van der Waals surface area (Å²) < 4.78 is 19.9. The largest absolute Gasteiger partial charge is 0.423 e. The summed E-state index contributed by atoms with van der Waals surface area (Å²) in [4.78, 5) is 17.1. The lowest BCUT2D eigenvalue weighted by molar-refractivity contribution is 0.0730. The molecule has 0 atom stereocenters. The zero-order valence-electron chi connectivity index (χ0n) is 21.9. The van der Waals surface area contributed by atoms with Crippen molar-refractivity contribution < 1.29 is 13.9 Å². The molecule has 2 aromatic carbocycles. The van der Waals surface area contributed by atoms with E-state index in [1.54, 1.807) is 18.2 Å². The molecule has 36 heavy (non-hydrogen) atoms. The zero-order valence-corrected chi connectivity index (χ0v) is 21.9. The van der Waals surface area contributed by atoms with E-state index in [4.69, 9.17) is 4.74 Å². The summed E-state index contributed by atoms with van der Waals surface area (Å²) in [7, 11) is 0. The molecule has 4 heteroatoms. The molecule has 192 valence electrons. The first-order chi connectivity index (χ1) is 17.6. The van der Waals surface area contributed by atoms with Gasteiger partial charge in [0, 0.05) is 11.8 Å². The lowest BCUT2D eigenvalue weighted by Crippen LogP contribution is -2.11. The Labute approximate surface area is 216 Å². The Bertz CT molecular complexity index is 1060. The third kappa shape index (κ3) is 8.89. The van der Waals surface area contributed by atoms with Gasteiger partial charge in [-0.15, -0.1) is 0 Å². The fourth-order valence-corrected chi connectivity index (χ4v) is 4.34. The predicted molar refractivity (Wildman–Crippen MR) is 146 cm³/mol. The van der Waals surface area contributed by atoms with E-state index in [0.717, 1.165) is 48.9 Å². The third-order valence-corrected chi connectivity index (χ3v) is 6.58. The van der Waals surface area contributed by atoms with Gasteiger partial charge < -0.3 is 4.74 Å². The second-order valence-corrected chi connectivity index (χ2v) is 9.61. The minimum absolute atomic E-state index is 0.0449. The average molecular weight is 490 g/mol. The van der Waals surface area contributed by atoms with Crippen molar-refractivity contribution in [2.45, 2.75) is 90.9 Å². The van der Waals surface area contributed by atoms with Crippen molar-refractivity contribution in [1.29, 1.82) is 0 Å². The molecule has 0 N–H and O–H groups in total. The molecular formula is C32H40FNO2. The van der Waals surface area contributed by atoms with E-state index >= 15 is 0 Å². The number of hydrogen-bond donors (Lipinski definition) is 0. The number of ether oxygens (including phenoxy) is 1. The summed E-state index contributed by atoms with van der Waals surface area (Å²) in [5.74, 6) is -0.842. The molecule has 1 heterocycles. The summed E-state index contributed by atoms with van der Waals surface area (Å²) >= 11 is 0. The molecule has 0 amide bonds. The molecular weight excluding hydrogens is 449 g/mol. The van der Waals surface area contributed by atoms with Crippen molar-refractivity contribution in [2.24, 2.45) is 0 Å². The summed E-state index contributed by atoms with van der Waals surface area (Å²) in [5, 5.41) is 0.